The molecular weight excluding hydrogens is 238 g/mol. The van der Waals surface area contributed by atoms with E-state index in [4.69, 9.17) is 5.73 Å². The molecule has 0 bridgehead atoms. The second-order valence-corrected chi connectivity index (χ2v) is 5.61. The zero-order valence-electron chi connectivity index (χ0n) is 12.4. The van der Waals surface area contributed by atoms with Crippen LogP contribution in [0.1, 0.15) is 56.1 Å². The highest BCUT2D eigenvalue weighted by molar-refractivity contribution is 5.98. The number of hydrogen-bond acceptors (Lipinski definition) is 3. The Balaban J connectivity index is 2.50. The van der Waals surface area contributed by atoms with Crippen molar-refractivity contribution in [2.75, 3.05) is 5.73 Å². The lowest BCUT2D eigenvalue weighted by molar-refractivity contribution is 0.0938. The fourth-order valence-electron chi connectivity index (χ4n) is 1.98. The molecule has 0 saturated heterocycles. The van der Waals surface area contributed by atoms with Gasteiger partial charge in [-0.3, -0.25) is 9.78 Å². The van der Waals surface area contributed by atoms with Crippen molar-refractivity contribution < 1.29 is 4.79 Å². The summed E-state index contributed by atoms with van der Waals surface area (Å²) in [5, 5.41) is 2.97. The van der Waals surface area contributed by atoms with E-state index in [9.17, 15) is 4.79 Å². The fraction of sp³-hybridized carbons (Fsp3) is 0.600. The maximum Gasteiger partial charge on any atom is 0.255 e. The van der Waals surface area contributed by atoms with E-state index < -0.39 is 0 Å². The molecule has 0 saturated carbocycles. The first-order valence-corrected chi connectivity index (χ1v) is 6.93. The van der Waals surface area contributed by atoms with Gasteiger partial charge in [-0.25, -0.2) is 0 Å². The largest absolute Gasteiger partial charge is 0.398 e. The first-order valence-electron chi connectivity index (χ1n) is 6.93. The number of nitrogens with one attached hydrogen (secondary N) is 1. The Bertz CT molecular complexity index is 429. The van der Waals surface area contributed by atoms with Crippen LogP contribution < -0.4 is 11.1 Å². The van der Waals surface area contributed by atoms with Crippen LogP contribution in [-0.4, -0.2) is 16.9 Å². The number of pyridine rings is 1. The fourth-order valence-corrected chi connectivity index (χ4v) is 1.98. The van der Waals surface area contributed by atoms with Crippen LogP contribution in [-0.2, 0) is 0 Å². The van der Waals surface area contributed by atoms with Crippen molar-refractivity contribution in [3.8, 4) is 0 Å². The molecule has 1 rings (SSSR count). The molecule has 1 unspecified atom stereocenters. The molecule has 0 aromatic carbocycles. The van der Waals surface area contributed by atoms with Crippen molar-refractivity contribution in [2.45, 2.75) is 53.0 Å². The van der Waals surface area contributed by atoms with Crippen LogP contribution in [0.5, 0.6) is 0 Å². The van der Waals surface area contributed by atoms with E-state index in [1.54, 1.807) is 12.3 Å². The van der Waals surface area contributed by atoms with Gasteiger partial charge in [-0.05, 0) is 32.3 Å². The topological polar surface area (TPSA) is 68.0 Å². The molecule has 3 N–H and O–H groups in total. The zero-order chi connectivity index (χ0) is 14.4. The molecule has 0 aliphatic rings. The molecule has 0 spiro atoms. The number of rotatable bonds is 6. The van der Waals surface area contributed by atoms with Crippen LogP contribution in [0.15, 0.2) is 12.3 Å². The summed E-state index contributed by atoms with van der Waals surface area (Å²) in [5.74, 6) is 0.571. The number of hydrogen-bond donors (Lipinski definition) is 2. The van der Waals surface area contributed by atoms with Crippen molar-refractivity contribution in [3.63, 3.8) is 0 Å². The third-order valence-corrected chi connectivity index (χ3v) is 3.11. The standard InChI is InChI=1S/C15H25N3O/c1-10(2)6-5-7-11(3)18-15(19)13-9-17-12(4)8-14(13)16/h8-11H,5-7H2,1-4H3,(H2,16,17)(H,18,19). The van der Waals surface area contributed by atoms with Crippen molar-refractivity contribution in [1.82, 2.24) is 10.3 Å². The van der Waals surface area contributed by atoms with Gasteiger partial charge in [-0.1, -0.05) is 26.7 Å². The number of aryl methyl sites for hydroxylation is 1. The summed E-state index contributed by atoms with van der Waals surface area (Å²) < 4.78 is 0. The number of carbonyl (C=O) groups is 1. The molecule has 0 fully saturated rings. The third kappa shape index (κ3) is 5.28. The van der Waals surface area contributed by atoms with Crippen molar-refractivity contribution in [3.05, 3.63) is 23.5 Å². The second kappa shape index (κ2) is 7.12. The van der Waals surface area contributed by atoms with Gasteiger partial charge >= 0.3 is 0 Å². The highest BCUT2D eigenvalue weighted by Gasteiger charge is 2.13. The first kappa shape index (κ1) is 15.5. The molecule has 1 heterocycles. The summed E-state index contributed by atoms with van der Waals surface area (Å²) in [6, 6.07) is 1.88. The number of anilines is 1. The summed E-state index contributed by atoms with van der Waals surface area (Å²) in [5.41, 5.74) is 7.60. The minimum atomic E-state index is -0.137. The molecular formula is C15H25N3O. The van der Waals surface area contributed by atoms with Gasteiger partial charge in [0.2, 0.25) is 0 Å². The number of nitrogens with two attached hydrogens (primary N) is 1. The number of nitrogen functional groups attached to an aromatic ring is 1. The van der Waals surface area contributed by atoms with E-state index in [-0.39, 0.29) is 11.9 Å². The Morgan fingerprint density at radius 2 is 2.05 bits per heavy atom. The van der Waals surface area contributed by atoms with Crippen LogP contribution in [0.2, 0.25) is 0 Å². The van der Waals surface area contributed by atoms with Gasteiger partial charge in [0.1, 0.15) is 0 Å². The van der Waals surface area contributed by atoms with Gasteiger partial charge in [-0.15, -0.1) is 0 Å². The van der Waals surface area contributed by atoms with Crippen molar-refractivity contribution in [2.24, 2.45) is 5.92 Å². The van der Waals surface area contributed by atoms with Gasteiger partial charge in [0.15, 0.2) is 0 Å². The molecule has 0 aliphatic heterocycles. The summed E-state index contributed by atoms with van der Waals surface area (Å²) in [6.07, 6.45) is 4.85. The molecule has 1 aromatic heterocycles. The van der Waals surface area contributed by atoms with Gasteiger partial charge in [0.25, 0.3) is 5.91 Å². The SMILES string of the molecule is Cc1cc(N)c(C(=O)NC(C)CCCC(C)C)cn1. The molecule has 4 heteroatoms. The quantitative estimate of drug-likeness (QED) is 0.829. The number of aromatic nitrogens is 1. The van der Waals surface area contributed by atoms with E-state index in [1.165, 1.54) is 6.42 Å². The Hall–Kier alpha value is -1.58. The van der Waals surface area contributed by atoms with E-state index >= 15 is 0 Å². The van der Waals surface area contributed by atoms with Crippen LogP contribution in [0, 0.1) is 12.8 Å². The smallest absolute Gasteiger partial charge is 0.255 e. The second-order valence-electron chi connectivity index (χ2n) is 5.61. The molecule has 4 nitrogen and oxygen atoms in total. The molecule has 19 heavy (non-hydrogen) atoms. The molecule has 0 radical (unpaired) electrons. The lowest BCUT2D eigenvalue weighted by Crippen LogP contribution is -2.33. The highest BCUT2D eigenvalue weighted by atomic mass is 16.1. The molecule has 0 aliphatic carbocycles. The zero-order valence-corrected chi connectivity index (χ0v) is 12.4. The van der Waals surface area contributed by atoms with E-state index in [2.05, 4.69) is 24.1 Å². The maximum absolute atomic E-state index is 12.1. The van der Waals surface area contributed by atoms with Gasteiger partial charge in [0, 0.05) is 23.6 Å². The predicted molar refractivity (Wildman–Crippen MR) is 79.0 cm³/mol. The van der Waals surface area contributed by atoms with Crippen LogP contribution in [0.4, 0.5) is 5.69 Å². The molecule has 1 atom stereocenters. The Morgan fingerprint density at radius 1 is 1.37 bits per heavy atom. The average Bonchev–Trinajstić information content (AvgIpc) is 2.27. The van der Waals surface area contributed by atoms with Gasteiger partial charge in [-0.2, -0.15) is 0 Å². The minimum Gasteiger partial charge on any atom is -0.398 e. The van der Waals surface area contributed by atoms with E-state index in [1.807, 2.05) is 13.8 Å². The van der Waals surface area contributed by atoms with Crippen LogP contribution in [0.3, 0.4) is 0 Å². The lowest BCUT2D eigenvalue weighted by Gasteiger charge is -2.15. The molecule has 106 valence electrons. The Labute approximate surface area is 115 Å². The Morgan fingerprint density at radius 3 is 2.63 bits per heavy atom. The Kier molecular flexibility index (Phi) is 5.80. The van der Waals surface area contributed by atoms with E-state index in [0.29, 0.717) is 17.2 Å². The summed E-state index contributed by atoms with van der Waals surface area (Å²) in [6.45, 7) is 8.30. The first-order chi connectivity index (χ1) is 8.90. The monoisotopic (exact) mass is 263 g/mol. The average molecular weight is 263 g/mol. The third-order valence-electron chi connectivity index (χ3n) is 3.11. The number of amides is 1. The highest BCUT2D eigenvalue weighted by Crippen LogP contribution is 2.13. The van der Waals surface area contributed by atoms with Crippen LogP contribution in [0.25, 0.3) is 0 Å². The molecule has 1 aromatic rings. The predicted octanol–water partition coefficient (Wildman–Crippen LogP) is 2.92. The number of nitrogens with zero attached hydrogens (tertiary/aromatic N) is 1. The number of carbonyl (C=O) groups excluding carboxylic acids is 1. The maximum atomic E-state index is 12.1. The van der Waals surface area contributed by atoms with Gasteiger partial charge < -0.3 is 11.1 Å². The summed E-state index contributed by atoms with van der Waals surface area (Å²) >= 11 is 0. The summed E-state index contributed by atoms with van der Waals surface area (Å²) in [7, 11) is 0. The van der Waals surface area contributed by atoms with Gasteiger partial charge in [0.05, 0.1) is 5.56 Å². The van der Waals surface area contributed by atoms with Crippen LogP contribution >= 0.6 is 0 Å². The summed E-state index contributed by atoms with van der Waals surface area (Å²) in [4.78, 5) is 16.2. The van der Waals surface area contributed by atoms with Crippen molar-refractivity contribution in [1.29, 1.82) is 0 Å². The molecule has 1 amide bonds. The minimum absolute atomic E-state index is 0.137. The normalized spacial score (nSPS) is 12.5. The lowest BCUT2D eigenvalue weighted by atomic mass is 10.0. The van der Waals surface area contributed by atoms with Crippen molar-refractivity contribution >= 4 is 11.6 Å². The van der Waals surface area contributed by atoms with E-state index in [0.717, 1.165) is 18.5 Å².